The van der Waals surface area contributed by atoms with E-state index >= 15 is 0 Å². The molecule has 4 nitrogen and oxygen atoms in total. The van der Waals surface area contributed by atoms with E-state index in [0.29, 0.717) is 23.1 Å². The van der Waals surface area contributed by atoms with E-state index in [4.69, 9.17) is 21.1 Å². The Balaban J connectivity index is 0. The average Bonchev–Trinajstić information content (AvgIpc) is 2.35. The van der Waals surface area contributed by atoms with Gasteiger partial charge in [0.05, 0.1) is 18.7 Å². The zero-order valence-corrected chi connectivity index (χ0v) is 15.3. The Morgan fingerprint density at radius 2 is 1.90 bits per heavy atom. The van der Waals surface area contributed by atoms with Crippen LogP contribution < -0.4 is 14.8 Å². The molecule has 0 spiro atoms. The Labute approximate surface area is 144 Å². The van der Waals surface area contributed by atoms with Gasteiger partial charge < -0.3 is 19.7 Å². The summed E-state index contributed by atoms with van der Waals surface area (Å²) >= 11 is 6.19. The number of benzene rings is 1. The van der Waals surface area contributed by atoms with E-state index in [0.717, 1.165) is 25.2 Å². The third-order valence-corrected chi connectivity index (χ3v) is 2.92. The second kappa shape index (κ2) is 12.2. The van der Waals surface area contributed by atoms with Gasteiger partial charge in [-0.15, -0.1) is 24.8 Å². The number of hydrogen-bond acceptors (Lipinski definition) is 4. The van der Waals surface area contributed by atoms with Gasteiger partial charge in [0.2, 0.25) is 0 Å². The standard InChI is InChI=1S/C14H23ClN2O2.2ClH/c1-5-19-13-9-11(8-12(15)14(13)18-4)10-16-6-7-17(2)3;;/h8-9,16H,5-7,10H2,1-4H3;2*1H. The van der Waals surface area contributed by atoms with Gasteiger partial charge in [0, 0.05) is 19.6 Å². The molecule has 1 aromatic carbocycles. The van der Waals surface area contributed by atoms with Crippen LogP contribution in [0.4, 0.5) is 0 Å². The van der Waals surface area contributed by atoms with E-state index in [2.05, 4.69) is 24.3 Å². The molecule has 0 aliphatic rings. The largest absolute Gasteiger partial charge is 0.491 e. The fraction of sp³-hybridized carbons (Fsp3) is 0.571. The predicted octanol–water partition coefficient (Wildman–Crippen LogP) is 3.24. The Hall–Kier alpha value is -0.390. The van der Waals surface area contributed by atoms with E-state index in [-0.39, 0.29) is 24.8 Å². The first-order valence-electron chi connectivity index (χ1n) is 6.43. The van der Waals surface area contributed by atoms with Gasteiger partial charge in [0.25, 0.3) is 0 Å². The second-order valence-corrected chi connectivity index (χ2v) is 4.93. The fourth-order valence-corrected chi connectivity index (χ4v) is 2.03. The minimum absolute atomic E-state index is 0. The monoisotopic (exact) mass is 358 g/mol. The number of likely N-dealkylation sites (N-methyl/N-ethyl adjacent to an activating group) is 1. The summed E-state index contributed by atoms with van der Waals surface area (Å²) in [5.74, 6) is 1.29. The number of methoxy groups -OCH3 is 1. The number of rotatable bonds is 8. The molecule has 1 N–H and O–H groups in total. The minimum Gasteiger partial charge on any atom is -0.491 e. The lowest BCUT2D eigenvalue weighted by atomic mass is 10.2. The summed E-state index contributed by atoms with van der Waals surface area (Å²) in [5.41, 5.74) is 1.09. The van der Waals surface area contributed by atoms with E-state index < -0.39 is 0 Å². The average molecular weight is 360 g/mol. The maximum absolute atomic E-state index is 6.19. The lowest BCUT2D eigenvalue weighted by Gasteiger charge is -2.14. The quantitative estimate of drug-likeness (QED) is 0.723. The molecule has 0 aromatic heterocycles. The van der Waals surface area contributed by atoms with Crippen LogP contribution in [0, 0.1) is 0 Å². The van der Waals surface area contributed by atoms with Crippen LogP contribution in [0.2, 0.25) is 5.02 Å². The Bertz CT molecular complexity index is 404. The molecule has 1 rings (SSSR count). The predicted molar refractivity (Wildman–Crippen MR) is 93.9 cm³/mol. The first-order valence-corrected chi connectivity index (χ1v) is 6.81. The van der Waals surface area contributed by atoms with Crippen molar-refractivity contribution in [3.8, 4) is 11.5 Å². The molecular formula is C14H25Cl3N2O2. The Morgan fingerprint density at radius 3 is 2.43 bits per heavy atom. The molecule has 0 amide bonds. The molecular weight excluding hydrogens is 335 g/mol. The second-order valence-electron chi connectivity index (χ2n) is 4.52. The van der Waals surface area contributed by atoms with E-state index in [1.165, 1.54) is 0 Å². The molecule has 0 atom stereocenters. The van der Waals surface area contributed by atoms with Gasteiger partial charge in [-0.25, -0.2) is 0 Å². The normalized spacial score (nSPS) is 9.81. The first-order chi connectivity index (χ1) is 9.08. The van der Waals surface area contributed by atoms with Crippen molar-refractivity contribution in [1.29, 1.82) is 0 Å². The molecule has 0 radical (unpaired) electrons. The number of nitrogens with one attached hydrogen (secondary N) is 1. The SMILES string of the molecule is CCOc1cc(CNCCN(C)C)cc(Cl)c1OC.Cl.Cl. The summed E-state index contributed by atoms with van der Waals surface area (Å²) in [4.78, 5) is 2.14. The van der Waals surface area contributed by atoms with Crippen molar-refractivity contribution in [3.63, 3.8) is 0 Å². The highest BCUT2D eigenvalue weighted by atomic mass is 35.5. The van der Waals surface area contributed by atoms with Crippen LogP contribution in [0.3, 0.4) is 0 Å². The van der Waals surface area contributed by atoms with Gasteiger partial charge in [-0.2, -0.15) is 0 Å². The van der Waals surface area contributed by atoms with Gasteiger partial charge in [0.15, 0.2) is 11.5 Å². The maximum Gasteiger partial charge on any atom is 0.179 e. The highest BCUT2D eigenvalue weighted by molar-refractivity contribution is 6.32. The highest BCUT2D eigenvalue weighted by Gasteiger charge is 2.11. The summed E-state index contributed by atoms with van der Waals surface area (Å²) in [5, 5.41) is 3.95. The zero-order valence-electron chi connectivity index (χ0n) is 12.9. The van der Waals surface area contributed by atoms with E-state index in [9.17, 15) is 0 Å². The summed E-state index contributed by atoms with van der Waals surface area (Å²) in [6.07, 6.45) is 0. The lowest BCUT2D eigenvalue weighted by molar-refractivity contribution is 0.310. The molecule has 0 aliphatic carbocycles. The van der Waals surface area contributed by atoms with Crippen LogP contribution in [0.15, 0.2) is 12.1 Å². The van der Waals surface area contributed by atoms with Gasteiger partial charge in [-0.05, 0) is 38.7 Å². The van der Waals surface area contributed by atoms with E-state index in [1.807, 2.05) is 19.1 Å². The molecule has 0 aliphatic heterocycles. The van der Waals surface area contributed by atoms with Gasteiger partial charge in [0.1, 0.15) is 0 Å². The van der Waals surface area contributed by atoms with Crippen molar-refractivity contribution < 1.29 is 9.47 Å². The van der Waals surface area contributed by atoms with Gasteiger partial charge >= 0.3 is 0 Å². The minimum atomic E-state index is 0. The number of nitrogens with zero attached hydrogens (tertiary/aromatic N) is 1. The van der Waals surface area contributed by atoms with Gasteiger partial charge in [-0.3, -0.25) is 0 Å². The lowest BCUT2D eigenvalue weighted by Crippen LogP contribution is -2.26. The third kappa shape index (κ3) is 7.98. The molecule has 124 valence electrons. The van der Waals surface area contributed by atoms with Crippen molar-refractivity contribution in [3.05, 3.63) is 22.7 Å². The Morgan fingerprint density at radius 1 is 1.24 bits per heavy atom. The maximum atomic E-state index is 6.19. The van der Waals surface area contributed by atoms with Crippen LogP contribution in [0.25, 0.3) is 0 Å². The summed E-state index contributed by atoms with van der Waals surface area (Å²) in [7, 11) is 5.71. The van der Waals surface area contributed by atoms with Crippen molar-refractivity contribution in [2.45, 2.75) is 13.5 Å². The highest BCUT2D eigenvalue weighted by Crippen LogP contribution is 2.36. The fourth-order valence-electron chi connectivity index (χ4n) is 1.72. The third-order valence-electron chi connectivity index (χ3n) is 2.64. The molecule has 0 saturated carbocycles. The summed E-state index contributed by atoms with van der Waals surface area (Å²) < 4.78 is 10.8. The molecule has 1 aromatic rings. The molecule has 0 saturated heterocycles. The molecule has 0 fully saturated rings. The molecule has 0 heterocycles. The topological polar surface area (TPSA) is 33.7 Å². The van der Waals surface area contributed by atoms with Crippen molar-refractivity contribution in [2.75, 3.05) is 40.9 Å². The molecule has 0 bridgehead atoms. The van der Waals surface area contributed by atoms with Gasteiger partial charge in [-0.1, -0.05) is 11.6 Å². The van der Waals surface area contributed by atoms with Crippen molar-refractivity contribution >= 4 is 36.4 Å². The summed E-state index contributed by atoms with van der Waals surface area (Å²) in [6.45, 7) is 5.22. The van der Waals surface area contributed by atoms with Crippen LogP contribution >= 0.6 is 36.4 Å². The zero-order chi connectivity index (χ0) is 14.3. The van der Waals surface area contributed by atoms with Crippen LogP contribution in [0.1, 0.15) is 12.5 Å². The number of hydrogen-bond donors (Lipinski definition) is 1. The number of ether oxygens (including phenoxy) is 2. The Kier molecular flexibility index (Phi) is 13.3. The van der Waals surface area contributed by atoms with Crippen LogP contribution in [-0.2, 0) is 6.54 Å². The first kappa shape index (κ1) is 22.9. The molecule has 21 heavy (non-hydrogen) atoms. The summed E-state index contributed by atoms with van der Waals surface area (Å²) in [6, 6.07) is 3.88. The van der Waals surface area contributed by atoms with Crippen LogP contribution in [0.5, 0.6) is 11.5 Å². The van der Waals surface area contributed by atoms with Crippen LogP contribution in [-0.4, -0.2) is 45.8 Å². The molecule has 0 unspecified atom stereocenters. The van der Waals surface area contributed by atoms with Crippen molar-refractivity contribution in [1.82, 2.24) is 10.2 Å². The number of halogens is 3. The van der Waals surface area contributed by atoms with Crippen molar-refractivity contribution in [2.24, 2.45) is 0 Å². The van der Waals surface area contributed by atoms with E-state index in [1.54, 1.807) is 7.11 Å². The molecule has 7 heteroatoms. The smallest absolute Gasteiger partial charge is 0.179 e.